The molecular formula is C14H17N3O4. The van der Waals surface area contributed by atoms with Gasteiger partial charge in [0.05, 0.1) is 26.5 Å². The molecule has 21 heavy (non-hydrogen) atoms. The van der Waals surface area contributed by atoms with E-state index in [9.17, 15) is 4.79 Å². The summed E-state index contributed by atoms with van der Waals surface area (Å²) < 4.78 is 17.2. The van der Waals surface area contributed by atoms with Gasteiger partial charge >= 0.3 is 5.97 Å². The van der Waals surface area contributed by atoms with E-state index in [-0.39, 0.29) is 5.69 Å². The van der Waals surface area contributed by atoms with Gasteiger partial charge in [-0.25, -0.2) is 9.48 Å². The van der Waals surface area contributed by atoms with E-state index in [1.807, 2.05) is 31.2 Å². The molecule has 0 aliphatic rings. The Kier molecular flexibility index (Phi) is 5.14. The number of hydrogen-bond acceptors (Lipinski definition) is 6. The summed E-state index contributed by atoms with van der Waals surface area (Å²) >= 11 is 0. The number of ether oxygens (including phenoxy) is 3. The Labute approximate surface area is 122 Å². The topological polar surface area (TPSA) is 75.5 Å². The first-order valence-electron chi connectivity index (χ1n) is 6.57. The van der Waals surface area contributed by atoms with Crippen molar-refractivity contribution in [3.63, 3.8) is 0 Å². The lowest BCUT2D eigenvalue weighted by atomic mass is 10.3. The maximum Gasteiger partial charge on any atom is 0.360 e. The Bertz CT molecular complexity index is 597. The van der Waals surface area contributed by atoms with Gasteiger partial charge in [-0.15, -0.1) is 5.10 Å². The Morgan fingerprint density at radius 2 is 1.95 bits per heavy atom. The van der Waals surface area contributed by atoms with Gasteiger partial charge in [-0.05, 0) is 19.1 Å². The zero-order valence-electron chi connectivity index (χ0n) is 12.0. The summed E-state index contributed by atoms with van der Waals surface area (Å²) in [5, 5.41) is 7.55. The number of nitrogens with zero attached hydrogens (tertiary/aromatic N) is 3. The summed E-state index contributed by atoms with van der Waals surface area (Å²) in [4.78, 5) is 11.3. The first-order valence-corrected chi connectivity index (χ1v) is 6.57. The maximum atomic E-state index is 11.3. The number of methoxy groups -OCH3 is 1. The Balaban J connectivity index is 1.89. The third-order valence-electron chi connectivity index (χ3n) is 2.66. The van der Waals surface area contributed by atoms with Crippen molar-refractivity contribution >= 4 is 5.97 Å². The van der Waals surface area contributed by atoms with Crippen molar-refractivity contribution in [3.05, 3.63) is 36.2 Å². The van der Waals surface area contributed by atoms with E-state index in [4.69, 9.17) is 9.47 Å². The zero-order valence-corrected chi connectivity index (χ0v) is 12.0. The molecule has 0 amide bonds. The quantitative estimate of drug-likeness (QED) is 0.720. The van der Waals surface area contributed by atoms with Crippen LogP contribution in [0.5, 0.6) is 11.5 Å². The molecule has 0 fully saturated rings. The summed E-state index contributed by atoms with van der Waals surface area (Å²) in [6.07, 6.45) is 1.52. The number of para-hydroxylation sites is 2. The van der Waals surface area contributed by atoms with Crippen LogP contribution in [0.2, 0.25) is 0 Å². The van der Waals surface area contributed by atoms with Crippen molar-refractivity contribution in [2.24, 2.45) is 0 Å². The van der Waals surface area contributed by atoms with Gasteiger partial charge in [0, 0.05) is 0 Å². The maximum absolute atomic E-state index is 11.3. The van der Waals surface area contributed by atoms with Crippen LogP contribution in [0.1, 0.15) is 17.4 Å². The minimum Gasteiger partial charge on any atom is -0.490 e. The highest BCUT2D eigenvalue weighted by Gasteiger charge is 2.10. The molecule has 0 saturated heterocycles. The molecule has 7 nitrogen and oxygen atoms in total. The van der Waals surface area contributed by atoms with E-state index in [1.54, 1.807) is 0 Å². The predicted octanol–water partition coefficient (Wildman–Crippen LogP) is 1.54. The molecule has 2 aromatic rings. The molecule has 1 heterocycles. The second kappa shape index (κ2) is 7.28. The minimum absolute atomic E-state index is 0.173. The highest BCUT2D eigenvalue weighted by Crippen LogP contribution is 2.26. The molecule has 0 aliphatic heterocycles. The van der Waals surface area contributed by atoms with Crippen molar-refractivity contribution in [1.29, 1.82) is 0 Å². The van der Waals surface area contributed by atoms with E-state index in [2.05, 4.69) is 15.0 Å². The molecule has 2 rings (SSSR count). The highest BCUT2D eigenvalue weighted by molar-refractivity contribution is 5.86. The van der Waals surface area contributed by atoms with Gasteiger partial charge in [-0.1, -0.05) is 17.3 Å². The average Bonchev–Trinajstić information content (AvgIpc) is 2.97. The van der Waals surface area contributed by atoms with Crippen LogP contribution >= 0.6 is 0 Å². The third-order valence-corrected chi connectivity index (χ3v) is 2.66. The molecule has 0 N–H and O–H groups in total. The standard InChI is InChI=1S/C14H17N3O4/c1-3-20-12-6-4-5-7-13(12)21-9-8-17-10-11(15-16-17)14(18)19-2/h4-7,10H,3,8-9H2,1-2H3. The van der Waals surface area contributed by atoms with Gasteiger partial charge in [0.2, 0.25) is 0 Å². The van der Waals surface area contributed by atoms with Crippen LogP contribution in [0, 0.1) is 0 Å². The van der Waals surface area contributed by atoms with Crippen molar-refractivity contribution in [2.75, 3.05) is 20.3 Å². The summed E-state index contributed by atoms with van der Waals surface area (Å²) in [7, 11) is 1.30. The first kappa shape index (κ1) is 14.8. The van der Waals surface area contributed by atoms with Crippen LogP contribution in [0.4, 0.5) is 0 Å². The summed E-state index contributed by atoms with van der Waals surface area (Å²) in [6, 6.07) is 7.45. The summed E-state index contributed by atoms with van der Waals surface area (Å²) in [5.74, 6) is 0.866. The number of esters is 1. The number of hydrogen-bond donors (Lipinski definition) is 0. The van der Waals surface area contributed by atoms with Gasteiger partial charge in [0.15, 0.2) is 17.2 Å². The molecule has 0 atom stereocenters. The predicted molar refractivity (Wildman–Crippen MR) is 74.5 cm³/mol. The van der Waals surface area contributed by atoms with Crippen molar-refractivity contribution in [1.82, 2.24) is 15.0 Å². The van der Waals surface area contributed by atoms with E-state index >= 15 is 0 Å². The number of rotatable bonds is 7. The van der Waals surface area contributed by atoms with Crippen LogP contribution in [0.3, 0.4) is 0 Å². The van der Waals surface area contributed by atoms with Crippen molar-refractivity contribution in [2.45, 2.75) is 13.5 Å². The van der Waals surface area contributed by atoms with Crippen LogP contribution in [0.15, 0.2) is 30.5 Å². The van der Waals surface area contributed by atoms with Crippen molar-refractivity contribution in [3.8, 4) is 11.5 Å². The van der Waals surface area contributed by atoms with Gasteiger partial charge in [0.25, 0.3) is 0 Å². The van der Waals surface area contributed by atoms with Crippen LogP contribution in [-0.2, 0) is 11.3 Å². The second-order valence-electron chi connectivity index (χ2n) is 4.09. The fourth-order valence-corrected chi connectivity index (χ4v) is 1.70. The molecule has 7 heteroatoms. The molecule has 112 valence electrons. The molecule has 1 aromatic carbocycles. The lowest BCUT2D eigenvalue weighted by Crippen LogP contribution is -2.09. The molecule has 0 radical (unpaired) electrons. The number of carbonyl (C=O) groups is 1. The van der Waals surface area contributed by atoms with E-state index < -0.39 is 5.97 Å². The molecule has 0 aliphatic carbocycles. The lowest BCUT2D eigenvalue weighted by Gasteiger charge is -2.11. The monoisotopic (exact) mass is 291 g/mol. The molecule has 0 bridgehead atoms. The third kappa shape index (κ3) is 3.95. The summed E-state index contributed by atoms with van der Waals surface area (Å²) in [6.45, 7) is 3.34. The van der Waals surface area contributed by atoms with Crippen molar-refractivity contribution < 1.29 is 19.0 Å². The van der Waals surface area contributed by atoms with E-state index in [1.165, 1.54) is 18.0 Å². The number of benzene rings is 1. The van der Waals surface area contributed by atoms with Crippen LogP contribution in [-0.4, -0.2) is 41.3 Å². The Hall–Kier alpha value is -2.57. The molecule has 1 aromatic heterocycles. The molecule has 0 spiro atoms. The summed E-state index contributed by atoms with van der Waals surface area (Å²) in [5.41, 5.74) is 0.173. The average molecular weight is 291 g/mol. The largest absolute Gasteiger partial charge is 0.490 e. The lowest BCUT2D eigenvalue weighted by molar-refractivity contribution is 0.0594. The number of carbonyl (C=O) groups excluding carboxylic acids is 1. The van der Waals surface area contributed by atoms with Gasteiger partial charge < -0.3 is 14.2 Å². The first-order chi connectivity index (χ1) is 10.2. The van der Waals surface area contributed by atoms with Crippen LogP contribution < -0.4 is 9.47 Å². The fraction of sp³-hybridized carbons (Fsp3) is 0.357. The van der Waals surface area contributed by atoms with Gasteiger partial charge in [0.1, 0.15) is 6.61 Å². The molecule has 0 unspecified atom stereocenters. The molecule has 0 saturated carbocycles. The minimum atomic E-state index is -0.510. The second-order valence-corrected chi connectivity index (χ2v) is 4.09. The Morgan fingerprint density at radius 3 is 2.62 bits per heavy atom. The van der Waals surface area contributed by atoms with E-state index in [0.717, 1.165) is 0 Å². The normalized spacial score (nSPS) is 10.2. The van der Waals surface area contributed by atoms with Gasteiger partial charge in [-0.3, -0.25) is 0 Å². The molecular weight excluding hydrogens is 274 g/mol. The van der Waals surface area contributed by atoms with Gasteiger partial charge in [-0.2, -0.15) is 0 Å². The van der Waals surface area contributed by atoms with Crippen LogP contribution in [0.25, 0.3) is 0 Å². The fourth-order valence-electron chi connectivity index (χ4n) is 1.70. The van der Waals surface area contributed by atoms with E-state index in [0.29, 0.717) is 31.3 Å². The smallest absolute Gasteiger partial charge is 0.360 e. The Morgan fingerprint density at radius 1 is 1.24 bits per heavy atom. The number of aromatic nitrogens is 3. The SMILES string of the molecule is CCOc1ccccc1OCCn1cc(C(=O)OC)nn1. The highest BCUT2D eigenvalue weighted by atomic mass is 16.5. The zero-order chi connectivity index (χ0) is 15.1.